The molecule has 0 saturated heterocycles. The van der Waals surface area contributed by atoms with Crippen LogP contribution in [0.4, 0.5) is 0 Å². The molecule has 0 aliphatic heterocycles. The van der Waals surface area contributed by atoms with Gasteiger partial charge < -0.3 is 32.9 Å². The van der Waals surface area contributed by atoms with Gasteiger partial charge in [0.25, 0.3) is 0 Å². The first-order valence-corrected chi connectivity index (χ1v) is 3.79. The van der Waals surface area contributed by atoms with Crippen molar-refractivity contribution in [1.29, 1.82) is 0 Å². The van der Waals surface area contributed by atoms with E-state index >= 15 is 0 Å². The monoisotopic (exact) mass is 327 g/mol. The van der Waals surface area contributed by atoms with Crippen LogP contribution >= 0.6 is 9.42 Å². The van der Waals surface area contributed by atoms with Gasteiger partial charge in [0.15, 0.2) is 0 Å². The molecule has 12 N–H and O–H groups in total. The van der Waals surface area contributed by atoms with Crippen molar-refractivity contribution < 1.29 is 51.6 Å². The fraction of sp³-hybridized carbons (Fsp3) is 0. The second kappa shape index (κ2) is 645. The molecule has 0 aromatic heterocycles. The Morgan fingerprint density at radius 3 is 0.500 bits per heavy atom. The molecule has 0 aromatic rings. The van der Waals surface area contributed by atoms with Crippen LogP contribution in [0.5, 0.6) is 0 Å². The summed E-state index contributed by atoms with van der Waals surface area (Å²) in [6, 6.07) is 0. The summed E-state index contributed by atoms with van der Waals surface area (Å²) in [5, 5.41) is 0. The van der Waals surface area contributed by atoms with Gasteiger partial charge in [-0.3, -0.25) is 0 Å². The summed E-state index contributed by atoms with van der Waals surface area (Å²) in [5.41, 5.74) is 0. The summed E-state index contributed by atoms with van der Waals surface area (Å²) in [4.78, 5) is 0. The Hall–Kier alpha value is 0.738. The summed E-state index contributed by atoms with van der Waals surface area (Å²) in [6.07, 6.45) is 0. The molecular formula is H12ClO6W. The van der Waals surface area contributed by atoms with Crippen molar-refractivity contribution in [1.82, 2.24) is 0 Å². The van der Waals surface area contributed by atoms with Gasteiger partial charge in [-0.05, 0) is 0 Å². The zero-order valence-corrected chi connectivity index (χ0v) is 7.48. The molecule has 0 spiro atoms. The number of hydrogen-bond acceptors (Lipinski definition) is 0. The Kier molecular flexibility index (Phi) is 14000. The third-order valence-corrected chi connectivity index (χ3v) is 0. The second-order valence-electron chi connectivity index (χ2n) is 0. The van der Waals surface area contributed by atoms with Gasteiger partial charge >= 0.3 is 28.2 Å². The van der Waals surface area contributed by atoms with Crippen LogP contribution in [0.2, 0.25) is 0 Å². The van der Waals surface area contributed by atoms with Crippen LogP contribution in [0.25, 0.3) is 0 Å². The van der Waals surface area contributed by atoms with Crippen LogP contribution in [0.1, 0.15) is 0 Å². The molecule has 8 heavy (non-hydrogen) atoms. The molecule has 0 aliphatic carbocycles. The predicted octanol–water partition coefficient (Wildman–Crippen LogP) is -4.26. The maximum atomic E-state index is 4.72. The van der Waals surface area contributed by atoms with Crippen molar-refractivity contribution >= 4 is 9.42 Å². The zero-order chi connectivity index (χ0) is 2.00. The fourth-order valence-electron chi connectivity index (χ4n) is 0. The van der Waals surface area contributed by atoms with Crippen molar-refractivity contribution in [2.75, 3.05) is 0 Å². The molecule has 0 saturated carbocycles. The molecule has 0 atom stereocenters. The van der Waals surface area contributed by atoms with Gasteiger partial charge in [0.1, 0.15) is 0 Å². The molecule has 8 heteroatoms. The van der Waals surface area contributed by atoms with Crippen LogP contribution in [0.3, 0.4) is 0 Å². The Bertz CT molecular complexity index is 8.49. The summed E-state index contributed by atoms with van der Waals surface area (Å²) in [7, 11) is 4.72. The summed E-state index contributed by atoms with van der Waals surface area (Å²) < 4.78 is 0. The van der Waals surface area contributed by atoms with Gasteiger partial charge in [0.2, 0.25) is 0 Å². The third kappa shape index (κ3) is 407. The van der Waals surface area contributed by atoms with Gasteiger partial charge in [-0.1, -0.05) is 0 Å². The van der Waals surface area contributed by atoms with Gasteiger partial charge in [0, 0.05) is 0 Å². The molecule has 0 heterocycles. The molecule has 0 fully saturated rings. The molecule has 0 rings (SSSR count). The van der Waals surface area contributed by atoms with E-state index in [0.29, 0.717) is 0 Å². The van der Waals surface area contributed by atoms with E-state index < -0.39 is 0 Å². The van der Waals surface area contributed by atoms with E-state index in [9.17, 15) is 0 Å². The van der Waals surface area contributed by atoms with E-state index in [1.165, 1.54) is 0 Å². The molecule has 0 aliphatic rings. The normalized spacial score (nSPS) is 0.625. The van der Waals surface area contributed by atoms with Crippen LogP contribution in [-0.2, 0) is 18.8 Å². The van der Waals surface area contributed by atoms with Gasteiger partial charge in [-0.2, -0.15) is 0 Å². The first-order valence-electron chi connectivity index (χ1n) is 0.154. The Morgan fingerprint density at radius 1 is 0.500 bits per heavy atom. The van der Waals surface area contributed by atoms with E-state index in [0.717, 1.165) is 18.8 Å². The quantitative estimate of drug-likeness (QED) is 0.416. The predicted molar refractivity (Wildman–Crippen MR) is 27.5 cm³/mol. The molecule has 6 nitrogen and oxygen atoms in total. The van der Waals surface area contributed by atoms with Crippen molar-refractivity contribution in [2.45, 2.75) is 0 Å². The van der Waals surface area contributed by atoms with Gasteiger partial charge in [0.05, 0.1) is 0 Å². The zero-order valence-electron chi connectivity index (χ0n) is 3.79. The van der Waals surface area contributed by atoms with E-state index in [1.54, 1.807) is 0 Å². The van der Waals surface area contributed by atoms with Crippen LogP contribution < -0.4 is 0 Å². The van der Waals surface area contributed by atoms with E-state index in [2.05, 4.69) is 0 Å². The number of hydrogen-bond donors (Lipinski definition) is 0. The Balaban J connectivity index is -0.000000000333. The molecule has 0 bridgehead atoms. The molecule has 0 aromatic carbocycles. The van der Waals surface area contributed by atoms with Gasteiger partial charge in [-0.25, -0.2) is 0 Å². The van der Waals surface area contributed by atoms with Crippen LogP contribution in [-0.4, -0.2) is 32.9 Å². The van der Waals surface area contributed by atoms with Crippen molar-refractivity contribution in [3.05, 3.63) is 0 Å². The average Bonchev–Trinajstić information content (AvgIpc) is 1.00. The minimum atomic E-state index is 0. The van der Waals surface area contributed by atoms with Crippen molar-refractivity contribution in [2.24, 2.45) is 0 Å². The first kappa shape index (κ1) is 173. The van der Waals surface area contributed by atoms with Gasteiger partial charge in [-0.15, -0.1) is 0 Å². The SMILES string of the molecule is O.O.O.O.O.O.[Cl][W]. The fourth-order valence-corrected chi connectivity index (χ4v) is 0. The number of halogens is 1. The Labute approximate surface area is 61.5 Å². The topological polar surface area (TPSA) is 189 Å². The van der Waals surface area contributed by atoms with Crippen LogP contribution in [0, 0.1) is 0 Å². The summed E-state index contributed by atoms with van der Waals surface area (Å²) in [5.74, 6) is 0. The molecule has 61 valence electrons. The van der Waals surface area contributed by atoms with E-state index in [1.807, 2.05) is 0 Å². The maximum absolute atomic E-state index is 4.72. The average molecular weight is 327 g/mol. The second-order valence-corrected chi connectivity index (χ2v) is 0. The molecule has 0 radical (unpaired) electrons. The van der Waals surface area contributed by atoms with Crippen molar-refractivity contribution in [3.63, 3.8) is 0 Å². The summed E-state index contributed by atoms with van der Waals surface area (Å²) >= 11 is 1.06. The third-order valence-electron chi connectivity index (χ3n) is 0. The van der Waals surface area contributed by atoms with E-state index in [-0.39, 0.29) is 32.9 Å². The van der Waals surface area contributed by atoms with Crippen molar-refractivity contribution in [3.8, 4) is 0 Å². The molecular weight excluding hydrogens is 315 g/mol. The molecule has 0 amide bonds. The molecule has 0 unspecified atom stereocenters. The summed E-state index contributed by atoms with van der Waals surface area (Å²) in [6.45, 7) is 0. The van der Waals surface area contributed by atoms with Crippen LogP contribution in [0.15, 0.2) is 0 Å². The first-order chi connectivity index (χ1) is 1.00. The standard InChI is InChI=1S/ClH.6H2O.W/h1H;6*1H2;/q;;;;;;;+1/p-1. The van der Waals surface area contributed by atoms with E-state index in [4.69, 9.17) is 9.42 Å². The minimum absolute atomic E-state index is 0. The number of rotatable bonds is 0. The Morgan fingerprint density at radius 2 is 0.500 bits per heavy atom.